The fourth-order valence-electron chi connectivity index (χ4n) is 3.11. The number of ketones is 1. The second-order valence-corrected chi connectivity index (χ2v) is 5.81. The molecular weight excluding hydrogens is 250 g/mol. The van der Waals surface area contributed by atoms with Gasteiger partial charge in [0.2, 0.25) is 0 Å². The average molecular weight is 271 g/mol. The highest BCUT2D eigenvalue weighted by atomic mass is 16.1. The van der Waals surface area contributed by atoms with E-state index in [0.29, 0.717) is 24.3 Å². The molecule has 1 aliphatic heterocycles. The molecule has 2 aromatic rings. The predicted octanol–water partition coefficient (Wildman–Crippen LogP) is 2.68. The molecular formula is C16H21N3O. The zero-order chi connectivity index (χ0) is 14.1. The second-order valence-electron chi connectivity index (χ2n) is 5.81. The molecule has 1 fully saturated rings. The minimum absolute atomic E-state index is 0.135. The molecule has 1 aromatic carbocycles. The zero-order valence-corrected chi connectivity index (χ0v) is 12.1. The quantitative estimate of drug-likeness (QED) is 0.873. The first-order valence-electron chi connectivity index (χ1n) is 7.36. The molecule has 0 radical (unpaired) electrons. The number of aromatic nitrogens is 2. The van der Waals surface area contributed by atoms with Gasteiger partial charge in [-0.15, -0.1) is 0 Å². The summed E-state index contributed by atoms with van der Waals surface area (Å²) in [5.74, 6) is 0.710. The summed E-state index contributed by atoms with van der Waals surface area (Å²) >= 11 is 0. The molecule has 1 aromatic heterocycles. The van der Waals surface area contributed by atoms with Crippen LogP contribution in [0.25, 0.3) is 11.0 Å². The minimum atomic E-state index is 0.135. The van der Waals surface area contributed by atoms with Gasteiger partial charge in [0.05, 0.1) is 11.0 Å². The largest absolute Gasteiger partial charge is 0.325 e. The first-order chi connectivity index (χ1) is 9.65. The van der Waals surface area contributed by atoms with Gasteiger partial charge in [-0.2, -0.15) is 0 Å². The number of imidazole rings is 1. The number of aryl methyl sites for hydroxylation is 1. The highest BCUT2D eigenvalue weighted by molar-refractivity contribution is 5.96. The molecule has 2 atom stereocenters. The highest BCUT2D eigenvalue weighted by Gasteiger charge is 2.23. The van der Waals surface area contributed by atoms with Gasteiger partial charge in [0, 0.05) is 25.6 Å². The van der Waals surface area contributed by atoms with E-state index in [1.807, 2.05) is 35.9 Å². The summed E-state index contributed by atoms with van der Waals surface area (Å²) in [7, 11) is 1.92. The van der Waals surface area contributed by atoms with Crippen molar-refractivity contribution in [1.82, 2.24) is 14.9 Å². The van der Waals surface area contributed by atoms with Gasteiger partial charge in [0.25, 0.3) is 0 Å². The number of piperidine rings is 1. The van der Waals surface area contributed by atoms with Gasteiger partial charge < -0.3 is 9.88 Å². The van der Waals surface area contributed by atoms with Gasteiger partial charge >= 0.3 is 0 Å². The molecule has 0 bridgehead atoms. The number of carbonyl (C=O) groups is 1. The Kier molecular flexibility index (Phi) is 3.57. The number of carbonyl (C=O) groups excluding carboxylic acids is 1. The third kappa shape index (κ3) is 2.48. The number of nitrogens with one attached hydrogen (secondary N) is 1. The normalized spacial score (nSPS) is 23.1. The maximum atomic E-state index is 12.5. The van der Waals surface area contributed by atoms with Crippen molar-refractivity contribution in [3.63, 3.8) is 0 Å². The van der Waals surface area contributed by atoms with Crippen LogP contribution < -0.4 is 5.32 Å². The summed E-state index contributed by atoms with van der Waals surface area (Å²) in [6.45, 7) is 2.19. The van der Waals surface area contributed by atoms with Crippen LogP contribution in [-0.2, 0) is 7.05 Å². The first-order valence-corrected chi connectivity index (χ1v) is 7.36. The van der Waals surface area contributed by atoms with Gasteiger partial charge in [-0.1, -0.05) is 18.6 Å². The number of Topliss-reactive ketones (excluding diaryl/α,β-unsaturated/α-hetero) is 1. The highest BCUT2D eigenvalue weighted by Crippen LogP contribution is 2.19. The number of hydrogen-bond acceptors (Lipinski definition) is 3. The lowest BCUT2D eigenvalue weighted by molar-refractivity contribution is 0.0947. The molecule has 20 heavy (non-hydrogen) atoms. The van der Waals surface area contributed by atoms with Gasteiger partial charge in [0.15, 0.2) is 11.6 Å². The van der Waals surface area contributed by atoms with Crippen molar-refractivity contribution in [2.45, 2.75) is 44.7 Å². The lowest BCUT2D eigenvalue weighted by Crippen LogP contribution is -2.41. The van der Waals surface area contributed by atoms with Crippen molar-refractivity contribution in [3.05, 3.63) is 30.1 Å². The van der Waals surface area contributed by atoms with E-state index in [1.165, 1.54) is 12.8 Å². The fraction of sp³-hybridized carbons (Fsp3) is 0.500. The lowest BCUT2D eigenvalue weighted by Gasteiger charge is -2.28. The van der Waals surface area contributed by atoms with Gasteiger partial charge in [-0.05, 0) is 31.9 Å². The number of nitrogens with zero attached hydrogens (tertiary/aromatic N) is 2. The molecule has 2 heterocycles. The van der Waals surface area contributed by atoms with Crippen LogP contribution in [0.1, 0.15) is 43.2 Å². The van der Waals surface area contributed by atoms with Crippen molar-refractivity contribution in [3.8, 4) is 0 Å². The van der Waals surface area contributed by atoms with Gasteiger partial charge in [0.1, 0.15) is 0 Å². The number of rotatable bonds is 3. The molecule has 0 spiro atoms. The van der Waals surface area contributed by atoms with Crippen molar-refractivity contribution < 1.29 is 4.79 Å². The molecule has 0 saturated carbocycles. The Hall–Kier alpha value is -1.68. The molecule has 1 aliphatic rings. The topological polar surface area (TPSA) is 46.9 Å². The van der Waals surface area contributed by atoms with Gasteiger partial charge in [-0.3, -0.25) is 4.79 Å². The standard InChI is InChI=1S/C16H21N3O/c1-11-6-5-7-12(17-11)10-15(20)16-18-13-8-3-4-9-14(13)19(16)2/h3-4,8-9,11-12,17H,5-7,10H2,1-2H3. The molecule has 4 heteroatoms. The number of fused-ring (bicyclic) bond motifs is 1. The Morgan fingerprint density at radius 1 is 1.40 bits per heavy atom. The summed E-state index contributed by atoms with van der Waals surface area (Å²) in [5, 5.41) is 3.51. The van der Waals surface area contributed by atoms with Gasteiger partial charge in [-0.25, -0.2) is 4.98 Å². The van der Waals surface area contributed by atoms with Crippen molar-refractivity contribution >= 4 is 16.8 Å². The third-order valence-electron chi connectivity index (χ3n) is 4.18. The van der Waals surface area contributed by atoms with Crippen molar-refractivity contribution in [2.24, 2.45) is 7.05 Å². The van der Waals surface area contributed by atoms with E-state index >= 15 is 0 Å². The first kappa shape index (κ1) is 13.3. The van der Waals surface area contributed by atoms with Crippen LogP contribution in [0.2, 0.25) is 0 Å². The Balaban J connectivity index is 1.80. The minimum Gasteiger partial charge on any atom is -0.325 e. The molecule has 1 saturated heterocycles. The fourth-order valence-corrected chi connectivity index (χ4v) is 3.11. The number of benzene rings is 1. The van der Waals surface area contributed by atoms with E-state index < -0.39 is 0 Å². The average Bonchev–Trinajstić information content (AvgIpc) is 2.77. The van der Waals surface area contributed by atoms with E-state index in [9.17, 15) is 4.79 Å². The van der Waals surface area contributed by atoms with Crippen LogP contribution in [0.3, 0.4) is 0 Å². The molecule has 1 N–H and O–H groups in total. The summed E-state index contributed by atoms with van der Waals surface area (Å²) in [6, 6.07) is 8.69. The van der Waals surface area contributed by atoms with E-state index in [0.717, 1.165) is 17.5 Å². The van der Waals surface area contributed by atoms with Crippen LogP contribution in [0.15, 0.2) is 24.3 Å². The molecule has 3 rings (SSSR count). The van der Waals surface area contributed by atoms with E-state index in [2.05, 4.69) is 17.2 Å². The Morgan fingerprint density at radius 2 is 2.20 bits per heavy atom. The van der Waals surface area contributed by atoms with Crippen LogP contribution in [0.4, 0.5) is 0 Å². The third-order valence-corrected chi connectivity index (χ3v) is 4.18. The summed E-state index contributed by atoms with van der Waals surface area (Å²) < 4.78 is 1.91. The van der Waals surface area contributed by atoms with Crippen molar-refractivity contribution in [2.75, 3.05) is 0 Å². The monoisotopic (exact) mass is 271 g/mol. The van der Waals surface area contributed by atoms with E-state index in [1.54, 1.807) is 0 Å². The summed E-state index contributed by atoms with van der Waals surface area (Å²) in [5.41, 5.74) is 1.91. The lowest BCUT2D eigenvalue weighted by atomic mass is 9.96. The van der Waals surface area contributed by atoms with Crippen LogP contribution in [0, 0.1) is 0 Å². The molecule has 106 valence electrons. The maximum Gasteiger partial charge on any atom is 0.199 e. The van der Waals surface area contributed by atoms with E-state index in [4.69, 9.17) is 0 Å². The van der Waals surface area contributed by atoms with Crippen LogP contribution >= 0.6 is 0 Å². The number of para-hydroxylation sites is 2. The maximum absolute atomic E-state index is 12.5. The zero-order valence-electron chi connectivity index (χ0n) is 12.1. The predicted molar refractivity (Wildman–Crippen MR) is 79.9 cm³/mol. The molecule has 4 nitrogen and oxygen atoms in total. The SMILES string of the molecule is CC1CCCC(CC(=O)c2nc3ccccc3n2C)N1. The second kappa shape index (κ2) is 5.37. The Labute approximate surface area is 119 Å². The Bertz CT molecular complexity index is 632. The molecule has 0 aliphatic carbocycles. The van der Waals surface area contributed by atoms with Crippen LogP contribution in [-0.4, -0.2) is 27.4 Å². The van der Waals surface area contributed by atoms with Crippen molar-refractivity contribution in [1.29, 1.82) is 0 Å². The molecule has 2 unspecified atom stereocenters. The molecule has 0 amide bonds. The Morgan fingerprint density at radius 3 is 2.95 bits per heavy atom. The van der Waals surface area contributed by atoms with Crippen LogP contribution in [0.5, 0.6) is 0 Å². The summed E-state index contributed by atoms with van der Waals surface area (Å²) in [6.07, 6.45) is 4.03. The van der Waals surface area contributed by atoms with E-state index in [-0.39, 0.29) is 5.78 Å². The number of hydrogen-bond donors (Lipinski definition) is 1. The smallest absolute Gasteiger partial charge is 0.199 e. The summed E-state index contributed by atoms with van der Waals surface area (Å²) in [4.78, 5) is 17.0.